The molecule has 0 aliphatic heterocycles. The maximum absolute atomic E-state index is 9.36. The van der Waals surface area contributed by atoms with Crippen molar-refractivity contribution < 1.29 is 10.2 Å². The van der Waals surface area contributed by atoms with Crippen molar-refractivity contribution >= 4 is 11.9 Å². The van der Waals surface area contributed by atoms with Gasteiger partial charge in [-0.05, 0) is 35.9 Å². The predicted molar refractivity (Wildman–Crippen MR) is 72.2 cm³/mol. The van der Waals surface area contributed by atoms with E-state index in [-0.39, 0.29) is 11.5 Å². The first-order valence-electron chi connectivity index (χ1n) is 5.51. The van der Waals surface area contributed by atoms with Gasteiger partial charge in [0.1, 0.15) is 0 Å². The van der Waals surface area contributed by atoms with E-state index in [0.29, 0.717) is 5.56 Å². The summed E-state index contributed by atoms with van der Waals surface area (Å²) in [5.41, 5.74) is 1.69. The van der Waals surface area contributed by atoms with Crippen LogP contribution in [-0.2, 0) is 0 Å². The Kier molecular flexibility index (Phi) is 3.48. The number of benzene rings is 2. The summed E-state index contributed by atoms with van der Waals surface area (Å²) in [5.74, 6) is -0.287. The number of aromatic hydroxyl groups is 2. The van der Waals surface area contributed by atoms with Crippen molar-refractivity contribution in [2.24, 2.45) is 5.10 Å². The smallest absolute Gasteiger partial charge is 0.158 e. The van der Waals surface area contributed by atoms with Gasteiger partial charge in [-0.2, -0.15) is 5.10 Å². The summed E-state index contributed by atoms with van der Waals surface area (Å²) in [4.78, 5) is 0. The average Bonchev–Trinajstić information content (AvgIpc) is 2.41. The molecular weight excluding hydrogens is 228 g/mol. The molecule has 0 fully saturated rings. The Labute approximate surface area is 105 Å². The largest absolute Gasteiger partial charge is 0.504 e. The Balaban J connectivity index is 2.13. The lowest BCUT2D eigenvalue weighted by atomic mass is 10.2. The Morgan fingerprint density at radius 3 is 2.39 bits per heavy atom. The maximum Gasteiger partial charge on any atom is 0.158 e. The molecule has 0 aromatic heterocycles. The van der Waals surface area contributed by atoms with Crippen LogP contribution in [0.25, 0.3) is 0 Å². The average molecular weight is 242 g/mol. The number of rotatable bonds is 3. The van der Waals surface area contributed by atoms with Gasteiger partial charge in [-0.3, -0.25) is 5.01 Å². The zero-order valence-electron chi connectivity index (χ0n) is 9.99. The fourth-order valence-corrected chi connectivity index (χ4v) is 1.48. The van der Waals surface area contributed by atoms with Crippen LogP contribution in [0.2, 0.25) is 0 Å². The van der Waals surface area contributed by atoms with E-state index >= 15 is 0 Å². The summed E-state index contributed by atoms with van der Waals surface area (Å²) in [5, 5.41) is 24.5. The summed E-state index contributed by atoms with van der Waals surface area (Å²) in [6.07, 6.45) is 1.62. The summed E-state index contributed by atoms with van der Waals surface area (Å²) in [6.45, 7) is 0. The molecule has 0 radical (unpaired) electrons. The van der Waals surface area contributed by atoms with Crippen molar-refractivity contribution in [3.8, 4) is 11.5 Å². The molecule has 18 heavy (non-hydrogen) atoms. The van der Waals surface area contributed by atoms with Crippen LogP contribution >= 0.6 is 0 Å². The number of phenols is 2. The van der Waals surface area contributed by atoms with Crippen molar-refractivity contribution in [1.82, 2.24) is 0 Å². The molecule has 0 spiro atoms. The van der Waals surface area contributed by atoms with E-state index in [1.165, 1.54) is 12.1 Å². The van der Waals surface area contributed by atoms with E-state index in [1.807, 2.05) is 37.4 Å². The first kappa shape index (κ1) is 12.0. The molecule has 0 bridgehead atoms. The molecule has 0 heterocycles. The quantitative estimate of drug-likeness (QED) is 0.494. The molecule has 4 nitrogen and oxygen atoms in total. The maximum atomic E-state index is 9.36. The van der Waals surface area contributed by atoms with E-state index in [1.54, 1.807) is 17.3 Å². The Morgan fingerprint density at radius 1 is 1.00 bits per heavy atom. The Morgan fingerprint density at radius 2 is 1.72 bits per heavy atom. The summed E-state index contributed by atoms with van der Waals surface area (Å²) in [6, 6.07) is 14.3. The van der Waals surface area contributed by atoms with Gasteiger partial charge in [0.15, 0.2) is 11.5 Å². The number of anilines is 1. The highest BCUT2D eigenvalue weighted by atomic mass is 16.3. The van der Waals surface area contributed by atoms with E-state index < -0.39 is 0 Å². The van der Waals surface area contributed by atoms with Crippen LogP contribution in [0.5, 0.6) is 11.5 Å². The fraction of sp³-hybridized carbons (Fsp3) is 0.0714. The summed E-state index contributed by atoms with van der Waals surface area (Å²) >= 11 is 0. The molecular formula is C14H14N2O2. The van der Waals surface area contributed by atoms with E-state index in [2.05, 4.69) is 5.10 Å². The van der Waals surface area contributed by atoms with Gasteiger partial charge in [0.25, 0.3) is 0 Å². The van der Waals surface area contributed by atoms with Crippen LogP contribution in [-0.4, -0.2) is 23.5 Å². The zero-order chi connectivity index (χ0) is 13.0. The lowest BCUT2D eigenvalue weighted by molar-refractivity contribution is 0.403. The standard InChI is InChI=1S/C14H14N2O2/c1-16(12-5-3-2-4-6-12)15-10-11-7-8-13(17)14(18)9-11/h2-10,17-18H,1H3. The van der Waals surface area contributed by atoms with Crippen LogP contribution in [0, 0.1) is 0 Å². The van der Waals surface area contributed by atoms with Crippen molar-refractivity contribution in [1.29, 1.82) is 0 Å². The van der Waals surface area contributed by atoms with Crippen LogP contribution < -0.4 is 5.01 Å². The third-order valence-electron chi connectivity index (χ3n) is 2.51. The highest BCUT2D eigenvalue weighted by molar-refractivity contribution is 5.81. The number of nitrogens with zero attached hydrogens (tertiary/aromatic N) is 2. The lowest BCUT2D eigenvalue weighted by Gasteiger charge is -2.12. The topological polar surface area (TPSA) is 56.1 Å². The molecule has 2 rings (SSSR count). The Hall–Kier alpha value is -2.49. The van der Waals surface area contributed by atoms with Gasteiger partial charge in [0.2, 0.25) is 0 Å². The fourth-order valence-electron chi connectivity index (χ4n) is 1.48. The van der Waals surface area contributed by atoms with Crippen molar-refractivity contribution in [2.45, 2.75) is 0 Å². The number of para-hydroxylation sites is 1. The minimum absolute atomic E-state index is 0.136. The second kappa shape index (κ2) is 5.23. The summed E-state index contributed by atoms with van der Waals surface area (Å²) < 4.78 is 0. The minimum atomic E-state index is -0.152. The molecule has 0 aliphatic carbocycles. The van der Waals surface area contributed by atoms with Crippen molar-refractivity contribution in [2.75, 3.05) is 12.1 Å². The molecule has 92 valence electrons. The first-order chi connectivity index (χ1) is 8.66. The molecule has 0 atom stereocenters. The third-order valence-corrected chi connectivity index (χ3v) is 2.51. The number of hydrazone groups is 1. The second-order valence-electron chi connectivity index (χ2n) is 3.85. The van der Waals surface area contributed by atoms with Gasteiger partial charge in [0, 0.05) is 7.05 Å². The Bertz CT molecular complexity index is 553. The van der Waals surface area contributed by atoms with E-state index in [4.69, 9.17) is 0 Å². The second-order valence-corrected chi connectivity index (χ2v) is 3.85. The highest BCUT2D eigenvalue weighted by Gasteiger charge is 1.99. The molecule has 0 amide bonds. The highest BCUT2D eigenvalue weighted by Crippen LogP contribution is 2.24. The number of phenolic OH excluding ortho intramolecular Hbond substituents is 2. The van der Waals surface area contributed by atoms with Gasteiger partial charge in [-0.15, -0.1) is 0 Å². The first-order valence-corrected chi connectivity index (χ1v) is 5.51. The predicted octanol–water partition coefficient (Wildman–Crippen LogP) is 2.57. The van der Waals surface area contributed by atoms with Gasteiger partial charge < -0.3 is 10.2 Å². The molecule has 2 N–H and O–H groups in total. The van der Waals surface area contributed by atoms with Crippen LogP contribution in [0.1, 0.15) is 5.56 Å². The van der Waals surface area contributed by atoms with Gasteiger partial charge in [-0.25, -0.2) is 0 Å². The minimum Gasteiger partial charge on any atom is -0.504 e. The molecule has 0 saturated heterocycles. The van der Waals surface area contributed by atoms with E-state index in [0.717, 1.165) is 5.69 Å². The lowest BCUT2D eigenvalue weighted by Crippen LogP contribution is -2.08. The molecule has 0 aliphatic rings. The molecule has 2 aromatic rings. The van der Waals surface area contributed by atoms with Crippen LogP contribution in [0.3, 0.4) is 0 Å². The molecule has 4 heteroatoms. The number of hydrogen-bond donors (Lipinski definition) is 2. The monoisotopic (exact) mass is 242 g/mol. The van der Waals surface area contributed by atoms with E-state index in [9.17, 15) is 10.2 Å². The van der Waals surface area contributed by atoms with Gasteiger partial charge in [-0.1, -0.05) is 18.2 Å². The zero-order valence-corrected chi connectivity index (χ0v) is 9.99. The van der Waals surface area contributed by atoms with Crippen LogP contribution in [0.4, 0.5) is 5.69 Å². The summed E-state index contributed by atoms with van der Waals surface area (Å²) in [7, 11) is 1.84. The normalized spacial score (nSPS) is 10.7. The molecule has 2 aromatic carbocycles. The van der Waals surface area contributed by atoms with Crippen molar-refractivity contribution in [3.63, 3.8) is 0 Å². The number of hydrogen-bond acceptors (Lipinski definition) is 4. The molecule has 0 unspecified atom stereocenters. The molecule has 0 saturated carbocycles. The van der Waals surface area contributed by atoms with Gasteiger partial charge in [0.05, 0.1) is 11.9 Å². The third kappa shape index (κ3) is 2.79. The SMILES string of the molecule is CN(N=Cc1ccc(O)c(O)c1)c1ccccc1. The van der Waals surface area contributed by atoms with Gasteiger partial charge >= 0.3 is 0 Å². The van der Waals surface area contributed by atoms with Crippen LogP contribution in [0.15, 0.2) is 53.6 Å². The van der Waals surface area contributed by atoms with Crippen molar-refractivity contribution in [3.05, 3.63) is 54.1 Å².